The maximum atomic E-state index is 13.8. The molecule has 1 aromatic carbocycles. The van der Waals surface area contributed by atoms with Crippen LogP contribution in [0.5, 0.6) is 0 Å². The van der Waals surface area contributed by atoms with Gasteiger partial charge in [0.2, 0.25) is 10.0 Å². The van der Waals surface area contributed by atoms with Gasteiger partial charge in [0.1, 0.15) is 10.7 Å². The number of rotatable bonds is 3. The van der Waals surface area contributed by atoms with Crippen LogP contribution in [0.15, 0.2) is 23.1 Å². The molecule has 19 heavy (non-hydrogen) atoms. The molecule has 4 nitrogen and oxygen atoms in total. The smallest absolute Gasteiger partial charge is 0.246 e. The van der Waals surface area contributed by atoms with Crippen molar-refractivity contribution in [2.75, 3.05) is 18.1 Å². The predicted octanol–water partition coefficient (Wildman–Crippen LogP) is 1.41. The van der Waals surface area contributed by atoms with E-state index in [4.69, 9.17) is 5.73 Å². The average Bonchev–Trinajstić information content (AvgIpc) is 2.39. The van der Waals surface area contributed by atoms with Crippen molar-refractivity contribution in [1.29, 1.82) is 0 Å². The van der Waals surface area contributed by atoms with Crippen molar-refractivity contribution in [3.05, 3.63) is 29.6 Å². The second-order valence-corrected chi connectivity index (χ2v) is 7.52. The van der Waals surface area contributed by atoms with E-state index in [0.717, 1.165) is 11.5 Å². The van der Waals surface area contributed by atoms with Crippen molar-refractivity contribution in [1.82, 2.24) is 4.31 Å². The first kappa shape index (κ1) is 14.8. The monoisotopic (exact) mass is 304 g/mol. The van der Waals surface area contributed by atoms with Crippen molar-refractivity contribution >= 4 is 21.8 Å². The molecule has 2 N–H and O–H groups in total. The van der Waals surface area contributed by atoms with Gasteiger partial charge in [-0.2, -0.15) is 16.1 Å². The molecule has 0 aliphatic carbocycles. The first-order valence-electron chi connectivity index (χ1n) is 6.05. The van der Waals surface area contributed by atoms with Gasteiger partial charge < -0.3 is 5.73 Å². The minimum absolute atomic E-state index is 0.121. The van der Waals surface area contributed by atoms with Crippen molar-refractivity contribution in [2.24, 2.45) is 5.73 Å². The minimum atomic E-state index is -3.79. The zero-order chi connectivity index (χ0) is 14.0. The molecule has 1 unspecified atom stereocenters. The highest BCUT2D eigenvalue weighted by atomic mass is 32.2. The summed E-state index contributed by atoms with van der Waals surface area (Å²) in [5.74, 6) is 0.752. The topological polar surface area (TPSA) is 63.4 Å². The van der Waals surface area contributed by atoms with Crippen molar-refractivity contribution in [3.8, 4) is 0 Å². The van der Waals surface area contributed by atoms with Crippen LogP contribution in [0.25, 0.3) is 0 Å². The minimum Gasteiger partial charge on any atom is -0.326 e. The Morgan fingerprint density at radius 2 is 2.26 bits per heavy atom. The second kappa shape index (κ2) is 5.78. The van der Waals surface area contributed by atoms with Gasteiger partial charge in [-0.25, -0.2) is 12.8 Å². The van der Waals surface area contributed by atoms with Gasteiger partial charge in [0, 0.05) is 30.6 Å². The van der Waals surface area contributed by atoms with Crippen LogP contribution in [-0.4, -0.2) is 36.8 Å². The van der Waals surface area contributed by atoms with Gasteiger partial charge in [-0.1, -0.05) is 6.07 Å². The second-order valence-electron chi connectivity index (χ2n) is 4.51. The van der Waals surface area contributed by atoms with Gasteiger partial charge in [-0.05, 0) is 24.6 Å². The van der Waals surface area contributed by atoms with Crippen LogP contribution in [0.3, 0.4) is 0 Å². The van der Waals surface area contributed by atoms with Crippen molar-refractivity contribution < 1.29 is 12.8 Å². The molecule has 1 heterocycles. The third kappa shape index (κ3) is 2.94. The molecule has 0 bridgehead atoms. The lowest BCUT2D eigenvalue weighted by Crippen LogP contribution is -2.44. The van der Waals surface area contributed by atoms with E-state index in [9.17, 15) is 12.8 Å². The highest BCUT2D eigenvalue weighted by molar-refractivity contribution is 7.99. The number of nitrogens with zero attached hydrogens (tertiary/aromatic N) is 1. The molecular weight excluding hydrogens is 287 g/mol. The molecular formula is C12H17FN2O2S2. The highest BCUT2D eigenvalue weighted by Gasteiger charge is 2.33. The molecule has 1 aromatic rings. The molecule has 1 fully saturated rings. The molecule has 7 heteroatoms. The molecule has 1 aliphatic heterocycles. The summed E-state index contributed by atoms with van der Waals surface area (Å²) in [6, 6.07) is 3.88. The fourth-order valence-corrected chi connectivity index (χ4v) is 5.04. The van der Waals surface area contributed by atoms with Crippen molar-refractivity contribution in [2.45, 2.75) is 24.4 Å². The Balaban J connectivity index is 2.43. The Kier molecular flexibility index (Phi) is 4.50. The van der Waals surface area contributed by atoms with Gasteiger partial charge in [0.15, 0.2) is 0 Å². The highest BCUT2D eigenvalue weighted by Crippen LogP contribution is 2.26. The third-order valence-electron chi connectivity index (χ3n) is 3.12. The van der Waals surface area contributed by atoms with E-state index in [0.29, 0.717) is 12.1 Å². The van der Waals surface area contributed by atoms with Crippen LogP contribution >= 0.6 is 11.8 Å². The van der Waals surface area contributed by atoms with Crippen LogP contribution < -0.4 is 5.73 Å². The molecule has 1 atom stereocenters. The van der Waals surface area contributed by atoms with Crippen LogP contribution in [0.4, 0.5) is 4.39 Å². The number of hydrogen-bond acceptors (Lipinski definition) is 4. The maximum Gasteiger partial charge on any atom is 0.246 e. The molecule has 0 radical (unpaired) electrons. The summed E-state index contributed by atoms with van der Waals surface area (Å²) in [6.45, 7) is 2.45. The molecule has 0 aromatic heterocycles. The SMILES string of the molecule is CC1CSCCN1S(=O)(=O)c1cc(CN)ccc1F. The van der Waals surface area contributed by atoms with E-state index >= 15 is 0 Å². The zero-order valence-electron chi connectivity index (χ0n) is 10.7. The Bertz CT molecular complexity index is 563. The maximum absolute atomic E-state index is 13.8. The van der Waals surface area contributed by atoms with Crippen LogP contribution in [-0.2, 0) is 16.6 Å². The number of halogens is 1. The van der Waals surface area contributed by atoms with Gasteiger partial charge in [-0.3, -0.25) is 0 Å². The molecule has 0 amide bonds. The van der Waals surface area contributed by atoms with Crippen LogP contribution in [0, 0.1) is 5.82 Å². The Morgan fingerprint density at radius 3 is 2.89 bits per heavy atom. The summed E-state index contributed by atoms with van der Waals surface area (Å²) in [5.41, 5.74) is 6.09. The van der Waals surface area contributed by atoms with E-state index in [-0.39, 0.29) is 17.5 Å². The average molecular weight is 304 g/mol. The molecule has 2 rings (SSSR count). The number of benzene rings is 1. The molecule has 106 valence electrons. The summed E-state index contributed by atoms with van der Waals surface area (Å²) in [5, 5.41) is 0. The fourth-order valence-electron chi connectivity index (χ4n) is 2.07. The first-order chi connectivity index (χ1) is 8.96. The quantitative estimate of drug-likeness (QED) is 0.917. The molecule has 1 aliphatic rings. The van der Waals surface area contributed by atoms with E-state index in [2.05, 4.69) is 0 Å². The van der Waals surface area contributed by atoms with Gasteiger partial charge in [0.25, 0.3) is 0 Å². The molecule has 0 spiro atoms. The van der Waals surface area contributed by atoms with E-state index in [1.807, 2.05) is 6.92 Å². The lowest BCUT2D eigenvalue weighted by molar-refractivity contribution is 0.365. The summed E-state index contributed by atoms with van der Waals surface area (Å²) in [6.07, 6.45) is 0. The van der Waals surface area contributed by atoms with E-state index < -0.39 is 15.8 Å². The third-order valence-corrected chi connectivity index (χ3v) is 6.34. The lowest BCUT2D eigenvalue weighted by Gasteiger charge is -2.32. The standard InChI is InChI=1S/C12H17FN2O2S2/c1-9-8-18-5-4-15(9)19(16,17)12-6-10(7-14)2-3-11(12)13/h2-3,6,9H,4-5,7-8,14H2,1H3. The number of sulfonamides is 1. The summed E-state index contributed by atoms with van der Waals surface area (Å²) < 4.78 is 40.3. The van der Waals surface area contributed by atoms with Crippen LogP contribution in [0.2, 0.25) is 0 Å². The predicted molar refractivity (Wildman–Crippen MR) is 75.0 cm³/mol. The first-order valence-corrected chi connectivity index (χ1v) is 8.64. The Labute approximate surface area is 117 Å². The molecule has 1 saturated heterocycles. The largest absolute Gasteiger partial charge is 0.326 e. The Hall–Kier alpha value is -0.630. The fraction of sp³-hybridized carbons (Fsp3) is 0.500. The lowest BCUT2D eigenvalue weighted by atomic mass is 10.2. The number of hydrogen-bond donors (Lipinski definition) is 1. The van der Waals surface area contributed by atoms with E-state index in [1.165, 1.54) is 22.5 Å². The summed E-state index contributed by atoms with van der Waals surface area (Å²) >= 11 is 1.71. The summed E-state index contributed by atoms with van der Waals surface area (Å²) in [7, 11) is -3.79. The Morgan fingerprint density at radius 1 is 1.53 bits per heavy atom. The number of nitrogens with two attached hydrogens (primary N) is 1. The van der Waals surface area contributed by atoms with Crippen LogP contribution in [0.1, 0.15) is 12.5 Å². The normalized spacial score (nSPS) is 21.5. The van der Waals surface area contributed by atoms with E-state index in [1.54, 1.807) is 11.8 Å². The summed E-state index contributed by atoms with van der Waals surface area (Å²) in [4.78, 5) is -0.269. The number of thioether (sulfide) groups is 1. The van der Waals surface area contributed by atoms with Gasteiger partial charge in [-0.15, -0.1) is 0 Å². The van der Waals surface area contributed by atoms with Crippen molar-refractivity contribution in [3.63, 3.8) is 0 Å². The van der Waals surface area contributed by atoms with Gasteiger partial charge >= 0.3 is 0 Å². The van der Waals surface area contributed by atoms with Gasteiger partial charge in [0.05, 0.1) is 0 Å². The molecule has 0 saturated carbocycles. The zero-order valence-corrected chi connectivity index (χ0v) is 12.3.